The van der Waals surface area contributed by atoms with E-state index in [2.05, 4.69) is 38.5 Å². The van der Waals surface area contributed by atoms with E-state index in [-0.39, 0.29) is 18.0 Å². The molecule has 32 heavy (non-hydrogen) atoms. The Morgan fingerprint density at radius 3 is 2.94 bits per heavy atom. The van der Waals surface area contributed by atoms with E-state index in [0.717, 1.165) is 56.5 Å². The summed E-state index contributed by atoms with van der Waals surface area (Å²) in [6.45, 7) is 9.32. The molecule has 4 rings (SSSR count). The molecule has 172 valence electrons. The van der Waals surface area contributed by atoms with Gasteiger partial charge in [0.05, 0.1) is 19.3 Å². The van der Waals surface area contributed by atoms with Crippen molar-refractivity contribution in [1.29, 1.82) is 0 Å². The van der Waals surface area contributed by atoms with Gasteiger partial charge in [-0.25, -0.2) is 19.4 Å². The molecule has 2 unspecified atom stereocenters. The molecule has 9 heteroatoms. The minimum Gasteiger partial charge on any atom is -0.375 e. The lowest BCUT2D eigenvalue weighted by Gasteiger charge is -2.32. The van der Waals surface area contributed by atoms with Crippen molar-refractivity contribution >= 4 is 17.6 Å². The summed E-state index contributed by atoms with van der Waals surface area (Å²) in [5.41, 5.74) is 1.11. The van der Waals surface area contributed by atoms with E-state index in [9.17, 15) is 4.39 Å². The summed E-state index contributed by atoms with van der Waals surface area (Å²) < 4.78 is 19.7. The minimum absolute atomic E-state index is 0.178. The van der Waals surface area contributed by atoms with Gasteiger partial charge in [-0.1, -0.05) is 0 Å². The number of pyridine rings is 2. The highest BCUT2D eigenvalue weighted by Crippen LogP contribution is 2.21. The highest BCUT2D eigenvalue weighted by Gasteiger charge is 2.26. The topological polar surface area (TPSA) is 77.9 Å². The van der Waals surface area contributed by atoms with Gasteiger partial charge in [-0.05, 0) is 50.1 Å². The number of nitrogens with one attached hydrogen (secondary N) is 2. The second kappa shape index (κ2) is 10.6. The predicted octanol–water partition coefficient (Wildman–Crippen LogP) is 2.17. The van der Waals surface area contributed by atoms with E-state index in [0.29, 0.717) is 18.9 Å². The van der Waals surface area contributed by atoms with Gasteiger partial charge in [-0.2, -0.15) is 0 Å². The summed E-state index contributed by atoms with van der Waals surface area (Å²) in [6.07, 6.45) is 4.58. The van der Waals surface area contributed by atoms with Crippen LogP contribution in [0.5, 0.6) is 0 Å². The molecule has 0 bridgehead atoms. The van der Waals surface area contributed by atoms with Crippen molar-refractivity contribution in [3.05, 3.63) is 48.0 Å². The first-order valence-electron chi connectivity index (χ1n) is 11.3. The quantitative estimate of drug-likeness (QED) is 0.526. The Morgan fingerprint density at radius 1 is 1.22 bits per heavy atom. The molecule has 2 aliphatic heterocycles. The number of morpholine rings is 1. The molecule has 2 saturated heterocycles. The molecule has 2 aromatic rings. The molecule has 0 aromatic carbocycles. The first-order chi connectivity index (χ1) is 15.6. The number of nitrogens with zero attached hydrogens (tertiary/aromatic N) is 5. The molecule has 2 N–H and O–H groups in total. The number of guanidine groups is 1. The highest BCUT2D eigenvalue weighted by molar-refractivity contribution is 5.80. The fourth-order valence-corrected chi connectivity index (χ4v) is 4.12. The largest absolute Gasteiger partial charge is 0.375 e. The van der Waals surface area contributed by atoms with Gasteiger partial charge in [0.2, 0.25) is 0 Å². The van der Waals surface area contributed by atoms with Crippen LogP contribution in [0.2, 0.25) is 0 Å². The summed E-state index contributed by atoms with van der Waals surface area (Å²) in [6, 6.07) is 7.35. The van der Waals surface area contributed by atoms with Crippen molar-refractivity contribution in [3.8, 4) is 0 Å². The number of aromatic nitrogens is 2. The fourth-order valence-electron chi connectivity index (χ4n) is 4.12. The van der Waals surface area contributed by atoms with Gasteiger partial charge in [-0.3, -0.25) is 0 Å². The second-order valence-electron chi connectivity index (χ2n) is 8.23. The van der Waals surface area contributed by atoms with Gasteiger partial charge in [-0.15, -0.1) is 0 Å². The van der Waals surface area contributed by atoms with E-state index in [1.807, 2.05) is 24.1 Å². The molecule has 0 saturated carbocycles. The average Bonchev–Trinajstić information content (AvgIpc) is 3.26. The van der Waals surface area contributed by atoms with Gasteiger partial charge in [0.15, 0.2) is 17.6 Å². The van der Waals surface area contributed by atoms with Crippen LogP contribution < -0.4 is 20.4 Å². The fraction of sp³-hybridized carbons (Fsp3) is 0.522. The van der Waals surface area contributed by atoms with Crippen LogP contribution in [0, 0.1) is 5.82 Å². The van der Waals surface area contributed by atoms with Gasteiger partial charge in [0.1, 0.15) is 5.82 Å². The van der Waals surface area contributed by atoms with Gasteiger partial charge < -0.3 is 25.2 Å². The van der Waals surface area contributed by atoms with Crippen LogP contribution in [-0.2, 0) is 11.3 Å². The Hall–Kier alpha value is -2.94. The van der Waals surface area contributed by atoms with Gasteiger partial charge in [0.25, 0.3) is 0 Å². The summed E-state index contributed by atoms with van der Waals surface area (Å²) in [5, 5.41) is 6.81. The van der Waals surface area contributed by atoms with Crippen molar-refractivity contribution in [2.75, 3.05) is 49.1 Å². The molecule has 0 amide bonds. The predicted molar refractivity (Wildman–Crippen MR) is 125 cm³/mol. The van der Waals surface area contributed by atoms with Crippen molar-refractivity contribution in [3.63, 3.8) is 0 Å². The molecule has 2 atom stereocenters. The van der Waals surface area contributed by atoms with E-state index in [1.165, 1.54) is 6.07 Å². The van der Waals surface area contributed by atoms with Crippen LogP contribution >= 0.6 is 0 Å². The first kappa shape index (κ1) is 22.3. The molecule has 0 spiro atoms. The summed E-state index contributed by atoms with van der Waals surface area (Å²) in [4.78, 5) is 17.8. The standard InChI is InChI=1S/C23H32FN7O/c1-3-25-23(29-19-7-10-31(16-19)22-20(24)5-4-8-27-22)28-14-18-6-9-26-21(13-18)30-11-12-32-17(2)15-30/h4-6,8-9,13,17,19H,3,7,10-12,14-16H2,1-2H3,(H2,25,28,29). The molecular weight excluding hydrogens is 409 g/mol. The smallest absolute Gasteiger partial charge is 0.191 e. The zero-order chi connectivity index (χ0) is 22.3. The number of hydrogen-bond donors (Lipinski definition) is 2. The number of anilines is 2. The molecule has 2 aromatic heterocycles. The molecule has 2 fully saturated rings. The highest BCUT2D eigenvalue weighted by atomic mass is 19.1. The molecule has 0 radical (unpaired) electrons. The van der Waals surface area contributed by atoms with Crippen molar-refractivity contribution in [1.82, 2.24) is 20.6 Å². The lowest BCUT2D eigenvalue weighted by Crippen LogP contribution is -2.44. The van der Waals surface area contributed by atoms with Crippen LogP contribution in [0.25, 0.3) is 0 Å². The molecular formula is C23H32FN7O. The zero-order valence-corrected chi connectivity index (χ0v) is 18.8. The van der Waals surface area contributed by atoms with E-state index >= 15 is 0 Å². The third-order valence-electron chi connectivity index (χ3n) is 5.71. The lowest BCUT2D eigenvalue weighted by molar-refractivity contribution is 0.0529. The van der Waals surface area contributed by atoms with E-state index in [1.54, 1.807) is 12.3 Å². The molecule has 2 aliphatic rings. The summed E-state index contributed by atoms with van der Waals surface area (Å²) in [5.74, 6) is 1.87. The zero-order valence-electron chi connectivity index (χ0n) is 18.8. The maximum Gasteiger partial charge on any atom is 0.191 e. The number of aliphatic imine (C=N–C) groups is 1. The molecule has 4 heterocycles. The van der Waals surface area contributed by atoms with Crippen molar-refractivity contribution < 1.29 is 9.13 Å². The van der Waals surface area contributed by atoms with Crippen LogP contribution in [0.3, 0.4) is 0 Å². The number of rotatable bonds is 6. The van der Waals surface area contributed by atoms with Crippen LogP contribution in [0.4, 0.5) is 16.0 Å². The first-order valence-corrected chi connectivity index (χ1v) is 11.3. The Kier molecular flexibility index (Phi) is 7.36. The van der Waals surface area contributed by atoms with E-state index in [4.69, 9.17) is 9.73 Å². The normalized spacial score (nSPS) is 21.7. The monoisotopic (exact) mass is 441 g/mol. The lowest BCUT2D eigenvalue weighted by atomic mass is 10.2. The Bertz CT molecular complexity index is 925. The average molecular weight is 442 g/mol. The van der Waals surface area contributed by atoms with Crippen LogP contribution in [0.15, 0.2) is 41.7 Å². The Morgan fingerprint density at radius 2 is 2.12 bits per heavy atom. The second-order valence-corrected chi connectivity index (χ2v) is 8.23. The number of hydrogen-bond acceptors (Lipinski definition) is 6. The Labute approximate surface area is 188 Å². The Balaban J connectivity index is 1.37. The summed E-state index contributed by atoms with van der Waals surface area (Å²) >= 11 is 0. The SMILES string of the molecule is CCNC(=NCc1ccnc(N2CCOC(C)C2)c1)NC1CCN(c2ncccc2F)C1. The summed E-state index contributed by atoms with van der Waals surface area (Å²) in [7, 11) is 0. The van der Waals surface area contributed by atoms with Crippen molar-refractivity contribution in [2.24, 2.45) is 4.99 Å². The third kappa shape index (κ3) is 5.64. The number of ether oxygens (including phenoxy) is 1. The maximum absolute atomic E-state index is 14.1. The van der Waals surface area contributed by atoms with E-state index < -0.39 is 0 Å². The van der Waals surface area contributed by atoms with Gasteiger partial charge >= 0.3 is 0 Å². The third-order valence-corrected chi connectivity index (χ3v) is 5.71. The van der Waals surface area contributed by atoms with Crippen molar-refractivity contribution in [2.45, 2.75) is 39.0 Å². The minimum atomic E-state index is -0.281. The number of halogens is 1. The van der Waals surface area contributed by atoms with Crippen LogP contribution in [-0.4, -0.2) is 67.4 Å². The molecule has 8 nitrogen and oxygen atoms in total. The van der Waals surface area contributed by atoms with Gasteiger partial charge in [0, 0.05) is 51.2 Å². The van der Waals surface area contributed by atoms with Crippen LogP contribution in [0.1, 0.15) is 25.8 Å². The molecule has 0 aliphatic carbocycles. The maximum atomic E-state index is 14.1.